The zero-order valence-electron chi connectivity index (χ0n) is 34.5. The van der Waals surface area contributed by atoms with Crippen molar-refractivity contribution < 1.29 is 0 Å². The van der Waals surface area contributed by atoms with Crippen molar-refractivity contribution in [2.75, 3.05) is 0 Å². The highest BCUT2D eigenvalue weighted by Crippen LogP contribution is 2.64. The summed E-state index contributed by atoms with van der Waals surface area (Å²) in [5, 5.41) is 2.61. The van der Waals surface area contributed by atoms with Crippen molar-refractivity contribution in [1.29, 1.82) is 0 Å². The molecular weight excluding hydrogens is 777 g/mol. The molecule has 0 bridgehead atoms. The molecule has 0 N–H and O–H groups in total. The third-order valence-corrected chi connectivity index (χ3v) is 15.1. The van der Waals surface area contributed by atoms with E-state index in [4.69, 9.17) is 0 Å². The Hall–Kier alpha value is -7.58. The van der Waals surface area contributed by atoms with Crippen LogP contribution in [0.15, 0.2) is 237 Å². The maximum atomic E-state index is 2.45. The maximum absolute atomic E-state index is 2.45. The fraction of sp³-hybridized carbons (Fsp3) is 0.0323. The third-order valence-electron chi connectivity index (χ3n) is 13.9. The molecule has 63 heavy (non-hydrogen) atoms. The summed E-state index contributed by atoms with van der Waals surface area (Å²) in [6.07, 6.45) is 0. The van der Waals surface area contributed by atoms with Gasteiger partial charge in [0.05, 0.1) is 5.41 Å². The standard InChI is InChI=1S/C62H40S/c1-3-19-40(20-4-1)59(41-21-5-2-6-22-41)42-37-38-58-53(39-42)51-32-17-31-50(61(51)63-58)46-26-10-8-24-44(46)43-23-7-9-25-45(43)49-30-18-36-57-60(49)52-29-13-16-35-56(52)62(57)54-33-14-11-27-47(54)48-28-12-15-34-55(48)62/h1-39,59H. The molecular formula is C62H40S. The van der Waals surface area contributed by atoms with Crippen molar-refractivity contribution in [2.24, 2.45) is 0 Å². The SMILES string of the molecule is c1ccc(C(c2ccccc2)c2ccc3sc4c(-c5ccccc5-c5ccccc5-c5cccc6c5-c5ccccc5C65c6ccccc6-c6ccccc65)cccc4c3c2)cc1. The minimum atomic E-state index is -0.388. The fourth-order valence-electron chi connectivity index (χ4n) is 11.3. The highest BCUT2D eigenvalue weighted by molar-refractivity contribution is 7.26. The van der Waals surface area contributed by atoms with Crippen LogP contribution in [0.5, 0.6) is 0 Å². The van der Waals surface area contributed by atoms with Gasteiger partial charge in [-0.15, -0.1) is 11.3 Å². The van der Waals surface area contributed by atoms with E-state index in [1.54, 1.807) is 0 Å². The summed E-state index contributed by atoms with van der Waals surface area (Å²) in [5.41, 5.74) is 21.8. The molecule has 10 aromatic carbocycles. The van der Waals surface area contributed by atoms with Crippen LogP contribution < -0.4 is 0 Å². The molecule has 11 aromatic rings. The lowest BCUT2D eigenvalue weighted by Crippen LogP contribution is -2.25. The lowest BCUT2D eigenvalue weighted by Gasteiger charge is -2.30. The van der Waals surface area contributed by atoms with E-state index in [2.05, 4.69) is 237 Å². The molecule has 0 amide bonds. The van der Waals surface area contributed by atoms with Gasteiger partial charge in [-0.2, -0.15) is 0 Å². The van der Waals surface area contributed by atoms with Gasteiger partial charge in [0.15, 0.2) is 0 Å². The summed E-state index contributed by atoms with van der Waals surface area (Å²) >= 11 is 1.91. The molecule has 0 saturated heterocycles. The van der Waals surface area contributed by atoms with Crippen molar-refractivity contribution in [2.45, 2.75) is 11.3 Å². The summed E-state index contributed by atoms with van der Waals surface area (Å²) in [5.74, 6) is 0.145. The van der Waals surface area contributed by atoms with Crippen LogP contribution in [0.4, 0.5) is 0 Å². The third kappa shape index (κ3) is 5.27. The molecule has 0 radical (unpaired) electrons. The summed E-state index contributed by atoms with van der Waals surface area (Å²) in [7, 11) is 0. The first-order valence-electron chi connectivity index (χ1n) is 22.0. The van der Waals surface area contributed by atoms with Crippen molar-refractivity contribution in [3.8, 4) is 55.6 Å². The average Bonchev–Trinajstić information content (AvgIpc) is 3.99. The fourth-order valence-corrected chi connectivity index (χ4v) is 12.6. The van der Waals surface area contributed by atoms with Gasteiger partial charge in [-0.05, 0) is 101 Å². The Bertz CT molecular complexity index is 3490. The Kier molecular flexibility index (Phi) is 8.16. The number of benzene rings is 10. The molecule has 294 valence electrons. The van der Waals surface area contributed by atoms with E-state index in [1.807, 2.05) is 11.3 Å². The molecule has 0 unspecified atom stereocenters. The Morgan fingerprint density at radius 1 is 0.286 bits per heavy atom. The van der Waals surface area contributed by atoms with E-state index >= 15 is 0 Å². The van der Waals surface area contributed by atoms with Gasteiger partial charge in [0.25, 0.3) is 0 Å². The number of rotatable bonds is 6. The lowest BCUT2D eigenvalue weighted by molar-refractivity contribution is 0.794. The number of fused-ring (bicyclic) bond motifs is 13. The normalized spacial score (nSPS) is 13.0. The molecule has 0 atom stereocenters. The van der Waals surface area contributed by atoms with Crippen LogP contribution in [-0.2, 0) is 5.41 Å². The molecule has 0 saturated carbocycles. The molecule has 0 fully saturated rings. The molecule has 13 rings (SSSR count). The smallest absolute Gasteiger partial charge is 0.0725 e. The van der Waals surface area contributed by atoms with E-state index < -0.39 is 0 Å². The first-order valence-corrected chi connectivity index (χ1v) is 22.8. The highest BCUT2D eigenvalue weighted by Gasteiger charge is 2.52. The van der Waals surface area contributed by atoms with E-state index in [9.17, 15) is 0 Å². The molecule has 2 aliphatic carbocycles. The van der Waals surface area contributed by atoms with Gasteiger partial charge in [0.2, 0.25) is 0 Å². The number of thiophene rings is 1. The van der Waals surface area contributed by atoms with E-state index in [1.165, 1.54) is 115 Å². The number of hydrogen-bond donors (Lipinski definition) is 0. The Morgan fingerprint density at radius 2 is 0.714 bits per heavy atom. The Labute approximate surface area is 372 Å². The second-order valence-corrected chi connectivity index (χ2v) is 18.1. The summed E-state index contributed by atoms with van der Waals surface area (Å²) in [4.78, 5) is 0. The quantitative estimate of drug-likeness (QED) is 0.147. The summed E-state index contributed by atoms with van der Waals surface area (Å²) in [6.45, 7) is 0. The molecule has 1 aromatic heterocycles. The van der Waals surface area contributed by atoms with Gasteiger partial charge in [-0.3, -0.25) is 0 Å². The largest absolute Gasteiger partial charge is 0.135 e. The van der Waals surface area contributed by atoms with Gasteiger partial charge in [0, 0.05) is 31.7 Å². The molecule has 0 nitrogen and oxygen atoms in total. The molecule has 1 heterocycles. The van der Waals surface area contributed by atoms with Crippen LogP contribution in [0, 0.1) is 0 Å². The number of hydrogen-bond acceptors (Lipinski definition) is 1. The van der Waals surface area contributed by atoms with Crippen LogP contribution in [0.25, 0.3) is 75.8 Å². The maximum Gasteiger partial charge on any atom is 0.0725 e. The Morgan fingerprint density at radius 3 is 1.32 bits per heavy atom. The van der Waals surface area contributed by atoms with Crippen LogP contribution in [-0.4, -0.2) is 0 Å². The Balaban J connectivity index is 0.986. The second-order valence-electron chi connectivity index (χ2n) is 17.0. The van der Waals surface area contributed by atoms with E-state index in [-0.39, 0.29) is 11.3 Å². The van der Waals surface area contributed by atoms with Gasteiger partial charge in [0.1, 0.15) is 0 Å². The predicted octanol–water partition coefficient (Wildman–Crippen LogP) is 16.6. The van der Waals surface area contributed by atoms with Gasteiger partial charge in [-0.1, -0.05) is 224 Å². The zero-order chi connectivity index (χ0) is 41.5. The zero-order valence-corrected chi connectivity index (χ0v) is 35.3. The van der Waals surface area contributed by atoms with E-state index in [0.29, 0.717) is 0 Å². The van der Waals surface area contributed by atoms with Crippen LogP contribution in [0.3, 0.4) is 0 Å². The van der Waals surface area contributed by atoms with Crippen LogP contribution in [0.2, 0.25) is 0 Å². The van der Waals surface area contributed by atoms with Crippen molar-refractivity contribution in [3.05, 3.63) is 276 Å². The predicted molar refractivity (Wildman–Crippen MR) is 266 cm³/mol. The van der Waals surface area contributed by atoms with Crippen LogP contribution >= 0.6 is 11.3 Å². The molecule has 1 heteroatoms. The lowest BCUT2D eigenvalue weighted by atomic mass is 9.70. The molecule has 1 spiro atoms. The second kappa shape index (κ2) is 14.2. The minimum Gasteiger partial charge on any atom is -0.135 e. The topological polar surface area (TPSA) is 0 Å². The van der Waals surface area contributed by atoms with Crippen molar-refractivity contribution in [1.82, 2.24) is 0 Å². The first-order chi connectivity index (χ1) is 31.3. The molecule has 0 aliphatic heterocycles. The summed E-state index contributed by atoms with van der Waals surface area (Å²) in [6, 6.07) is 88.3. The first kappa shape index (κ1) is 36.1. The van der Waals surface area contributed by atoms with E-state index in [0.717, 1.165) is 0 Å². The van der Waals surface area contributed by atoms with Crippen molar-refractivity contribution in [3.63, 3.8) is 0 Å². The van der Waals surface area contributed by atoms with Crippen LogP contribution in [0.1, 0.15) is 44.9 Å². The average molecular weight is 817 g/mol. The monoisotopic (exact) mass is 816 g/mol. The highest BCUT2D eigenvalue weighted by atomic mass is 32.1. The summed E-state index contributed by atoms with van der Waals surface area (Å²) < 4.78 is 2.63. The van der Waals surface area contributed by atoms with Gasteiger partial charge < -0.3 is 0 Å². The minimum absolute atomic E-state index is 0.145. The van der Waals surface area contributed by atoms with Crippen molar-refractivity contribution >= 4 is 31.5 Å². The van der Waals surface area contributed by atoms with Gasteiger partial charge in [-0.25, -0.2) is 0 Å². The van der Waals surface area contributed by atoms with Gasteiger partial charge >= 0.3 is 0 Å². The molecule has 2 aliphatic rings.